The zero-order chi connectivity index (χ0) is 16.0. The van der Waals surface area contributed by atoms with Crippen molar-refractivity contribution < 1.29 is 19.2 Å². The molecule has 0 aromatic heterocycles. The third-order valence-corrected chi connectivity index (χ3v) is 4.41. The number of carbonyl (C=O) groups excluding carboxylic acids is 1. The largest absolute Gasteiger partial charge is 0.598 e. The molecule has 0 fully saturated rings. The van der Waals surface area contributed by atoms with E-state index in [1.807, 2.05) is 20.8 Å². The molecular weight excluding hydrogens is 290 g/mol. The molecule has 0 aliphatic heterocycles. The monoisotopic (exact) mass is 313 g/mol. The highest BCUT2D eigenvalue weighted by Gasteiger charge is 2.26. The summed E-state index contributed by atoms with van der Waals surface area (Å²) in [6.45, 7) is 5.65. The Bertz CT molecular complexity index is 485. The van der Waals surface area contributed by atoms with Gasteiger partial charge in [0.05, 0.1) is 7.11 Å². The number of phenolic OH excluding ortho intramolecular Hbond substituents is 1. The molecule has 2 N–H and O–H groups in total. The maximum Gasteiger partial charge on any atom is 0.160 e. The lowest BCUT2D eigenvalue weighted by Crippen LogP contribution is -2.41. The molecule has 0 bridgehead atoms. The summed E-state index contributed by atoms with van der Waals surface area (Å²) in [5.74, 6) is 0.473. The van der Waals surface area contributed by atoms with Crippen molar-refractivity contribution in [3.63, 3.8) is 0 Å². The van der Waals surface area contributed by atoms with Gasteiger partial charge in [-0.2, -0.15) is 0 Å². The maximum absolute atomic E-state index is 11.8. The predicted molar refractivity (Wildman–Crippen MR) is 83.9 cm³/mol. The van der Waals surface area contributed by atoms with Crippen LogP contribution in [-0.4, -0.2) is 33.8 Å². The molecule has 0 unspecified atom stereocenters. The van der Waals surface area contributed by atoms with Gasteiger partial charge in [0.25, 0.3) is 0 Å². The molecule has 0 amide bonds. The summed E-state index contributed by atoms with van der Waals surface area (Å²) in [6, 6.07) is 5.01. The average molecular weight is 313 g/mol. The quantitative estimate of drug-likeness (QED) is 0.752. The molecule has 0 radical (unpaired) electrons. The number of nitrogens with one attached hydrogen (secondary N) is 1. The molecule has 1 aromatic carbocycles. The van der Waals surface area contributed by atoms with Crippen LogP contribution >= 0.6 is 0 Å². The normalized spacial score (nSPS) is 13.0. The lowest BCUT2D eigenvalue weighted by atomic mass is 10.1. The number of benzene rings is 1. The summed E-state index contributed by atoms with van der Waals surface area (Å²) in [6.07, 6.45) is 0.904. The van der Waals surface area contributed by atoms with Crippen molar-refractivity contribution in [2.24, 2.45) is 0 Å². The first-order valence-corrected chi connectivity index (χ1v) is 7.92. The fourth-order valence-corrected chi connectivity index (χ4v) is 2.34. The number of rotatable bonds is 7. The van der Waals surface area contributed by atoms with Gasteiger partial charge in [-0.3, -0.25) is 4.79 Å². The van der Waals surface area contributed by atoms with E-state index in [1.165, 1.54) is 7.11 Å². The van der Waals surface area contributed by atoms with Gasteiger partial charge in [-0.15, -0.1) is 4.72 Å². The summed E-state index contributed by atoms with van der Waals surface area (Å²) >= 11 is -1.24. The Morgan fingerprint density at radius 1 is 1.43 bits per heavy atom. The van der Waals surface area contributed by atoms with E-state index >= 15 is 0 Å². The van der Waals surface area contributed by atoms with E-state index < -0.39 is 11.4 Å². The van der Waals surface area contributed by atoms with Crippen LogP contribution in [0.25, 0.3) is 0 Å². The molecule has 1 rings (SSSR count). The summed E-state index contributed by atoms with van der Waals surface area (Å²) in [7, 11) is 1.48. The van der Waals surface area contributed by atoms with E-state index in [-0.39, 0.29) is 22.8 Å². The van der Waals surface area contributed by atoms with Crippen LogP contribution in [0.1, 0.15) is 32.8 Å². The van der Waals surface area contributed by atoms with Gasteiger partial charge >= 0.3 is 0 Å². The van der Waals surface area contributed by atoms with Crippen molar-refractivity contribution in [1.82, 2.24) is 4.72 Å². The van der Waals surface area contributed by atoms with Crippen LogP contribution in [0, 0.1) is 0 Å². The molecule has 1 atom stereocenters. The molecule has 0 aliphatic rings. The van der Waals surface area contributed by atoms with Gasteiger partial charge in [-0.25, -0.2) is 0 Å². The second-order valence-electron chi connectivity index (χ2n) is 5.75. The van der Waals surface area contributed by atoms with Crippen molar-refractivity contribution in [1.29, 1.82) is 0 Å². The zero-order valence-electron chi connectivity index (χ0n) is 12.9. The molecular formula is C15H23NO4S. The standard InChI is InChI=1S/C15H23NO4S/c1-15(2,3)21(19)16-10-12(17)7-5-11-6-8-13(18)14(9-11)20-4/h6,8-9,16,18H,5,7,10H2,1-4H3/t21-/m0/s1. The van der Waals surface area contributed by atoms with E-state index in [4.69, 9.17) is 4.74 Å². The minimum absolute atomic E-state index is 0.000332. The SMILES string of the molecule is COc1cc(CCC(=O)CN[S@@+]([O-])C(C)(C)C)ccc1O. The molecule has 0 spiro atoms. The zero-order valence-corrected chi connectivity index (χ0v) is 13.8. The van der Waals surface area contributed by atoms with Crippen LogP contribution in [0.4, 0.5) is 0 Å². The fraction of sp³-hybridized carbons (Fsp3) is 0.533. The van der Waals surface area contributed by atoms with E-state index in [2.05, 4.69) is 4.72 Å². The van der Waals surface area contributed by atoms with Gasteiger partial charge < -0.3 is 14.4 Å². The highest BCUT2D eigenvalue weighted by molar-refractivity contribution is 7.90. The Kier molecular flexibility index (Phi) is 6.51. The van der Waals surface area contributed by atoms with Gasteiger partial charge in [0.2, 0.25) is 0 Å². The molecule has 0 saturated heterocycles. The number of ether oxygens (including phenoxy) is 1. The summed E-state index contributed by atoms with van der Waals surface area (Å²) in [4.78, 5) is 11.8. The highest BCUT2D eigenvalue weighted by Crippen LogP contribution is 2.26. The summed E-state index contributed by atoms with van der Waals surface area (Å²) in [5.41, 5.74) is 0.912. The Balaban J connectivity index is 2.43. The maximum atomic E-state index is 11.8. The first-order chi connectivity index (χ1) is 9.74. The molecule has 0 aliphatic carbocycles. The number of methoxy groups -OCH3 is 1. The van der Waals surface area contributed by atoms with E-state index in [9.17, 15) is 14.5 Å². The van der Waals surface area contributed by atoms with Gasteiger partial charge in [-0.1, -0.05) is 6.07 Å². The number of aromatic hydroxyl groups is 1. The number of phenols is 1. The number of hydrogen-bond acceptors (Lipinski definition) is 5. The lowest BCUT2D eigenvalue weighted by Gasteiger charge is -2.23. The van der Waals surface area contributed by atoms with Gasteiger partial charge in [0.15, 0.2) is 17.3 Å². The number of aryl methyl sites for hydroxylation is 1. The number of Topliss-reactive ketones (excluding diaryl/α,β-unsaturated/α-hetero) is 1. The first-order valence-electron chi connectivity index (χ1n) is 6.77. The van der Waals surface area contributed by atoms with Crippen molar-refractivity contribution in [2.45, 2.75) is 38.4 Å². The van der Waals surface area contributed by atoms with E-state index in [1.54, 1.807) is 18.2 Å². The minimum atomic E-state index is -1.24. The number of ketones is 1. The van der Waals surface area contributed by atoms with Crippen molar-refractivity contribution >= 4 is 17.1 Å². The van der Waals surface area contributed by atoms with Crippen molar-refractivity contribution in [2.75, 3.05) is 13.7 Å². The highest BCUT2D eigenvalue weighted by atomic mass is 32.2. The summed E-state index contributed by atoms with van der Waals surface area (Å²) in [5, 5.41) is 9.50. The smallest absolute Gasteiger partial charge is 0.160 e. The minimum Gasteiger partial charge on any atom is -0.598 e. The third-order valence-electron chi connectivity index (χ3n) is 2.89. The fourth-order valence-electron chi connectivity index (χ4n) is 1.61. The van der Waals surface area contributed by atoms with Crippen LogP contribution in [0.5, 0.6) is 11.5 Å². The Morgan fingerprint density at radius 3 is 2.67 bits per heavy atom. The molecule has 5 nitrogen and oxygen atoms in total. The van der Waals surface area contributed by atoms with Gasteiger partial charge in [0.1, 0.15) is 11.3 Å². The average Bonchev–Trinajstić information content (AvgIpc) is 2.42. The molecule has 1 aromatic rings. The van der Waals surface area contributed by atoms with Crippen molar-refractivity contribution in [3.05, 3.63) is 23.8 Å². The molecule has 0 saturated carbocycles. The molecule has 118 valence electrons. The Morgan fingerprint density at radius 2 is 2.10 bits per heavy atom. The third kappa shape index (κ3) is 5.95. The van der Waals surface area contributed by atoms with Crippen molar-refractivity contribution in [3.8, 4) is 11.5 Å². The number of carbonyl (C=O) groups is 1. The molecule has 21 heavy (non-hydrogen) atoms. The first kappa shape index (κ1) is 17.8. The van der Waals surface area contributed by atoms with Gasteiger partial charge in [-0.05, 0) is 44.9 Å². The second kappa shape index (κ2) is 7.68. The molecule has 6 heteroatoms. The van der Waals surface area contributed by atoms with Crippen LogP contribution in [0.2, 0.25) is 0 Å². The van der Waals surface area contributed by atoms with Crippen LogP contribution in [0.3, 0.4) is 0 Å². The van der Waals surface area contributed by atoms with Crippen LogP contribution in [-0.2, 0) is 22.6 Å². The number of hydrogen-bond donors (Lipinski definition) is 2. The Labute approximate surface area is 129 Å². The van der Waals surface area contributed by atoms with E-state index in [0.717, 1.165) is 5.56 Å². The van der Waals surface area contributed by atoms with E-state index in [0.29, 0.717) is 18.6 Å². The van der Waals surface area contributed by atoms with Crippen LogP contribution in [0.15, 0.2) is 18.2 Å². The summed E-state index contributed by atoms with van der Waals surface area (Å²) < 4.78 is 19.2. The van der Waals surface area contributed by atoms with Gasteiger partial charge in [0, 0.05) is 17.8 Å². The molecule has 0 heterocycles. The topological polar surface area (TPSA) is 81.6 Å². The lowest BCUT2D eigenvalue weighted by molar-refractivity contribution is -0.117. The second-order valence-corrected chi connectivity index (χ2v) is 7.80. The predicted octanol–water partition coefficient (Wildman–Crippen LogP) is 1.95. The van der Waals surface area contributed by atoms with Crippen LogP contribution < -0.4 is 9.46 Å². The Hall–Kier alpha value is -1.24.